The average Bonchev–Trinajstić information content (AvgIpc) is 2.87. The number of aryl methyl sites for hydroxylation is 1. The molecule has 174 valence electrons. The van der Waals surface area contributed by atoms with E-state index in [0.29, 0.717) is 35.3 Å². The third-order valence-corrected chi connectivity index (χ3v) is 6.69. The van der Waals surface area contributed by atoms with E-state index in [1.165, 1.54) is 5.56 Å². The molecule has 0 saturated heterocycles. The van der Waals surface area contributed by atoms with Crippen LogP contribution in [0.25, 0.3) is 16.6 Å². The van der Waals surface area contributed by atoms with Crippen molar-refractivity contribution in [2.24, 2.45) is 0 Å². The van der Waals surface area contributed by atoms with Crippen LogP contribution in [0.15, 0.2) is 82.1 Å². The lowest BCUT2D eigenvalue weighted by Gasteiger charge is -2.31. The quantitative estimate of drug-likeness (QED) is 0.288. The first-order valence-electron chi connectivity index (χ1n) is 11.7. The molecule has 1 heterocycles. The number of hydrogen-bond donors (Lipinski definition) is 0. The van der Waals surface area contributed by atoms with Crippen molar-refractivity contribution in [1.82, 2.24) is 14.5 Å². The number of fused-ring (bicyclic) bond motifs is 1. The van der Waals surface area contributed by atoms with Gasteiger partial charge in [0.05, 0.1) is 22.6 Å². The van der Waals surface area contributed by atoms with Crippen LogP contribution in [0, 0.1) is 0 Å². The third-order valence-electron chi connectivity index (χ3n) is 6.16. The summed E-state index contributed by atoms with van der Waals surface area (Å²) in [6.45, 7) is 6.57. The molecule has 1 aromatic heterocycles. The van der Waals surface area contributed by atoms with E-state index in [-0.39, 0.29) is 17.5 Å². The van der Waals surface area contributed by atoms with Gasteiger partial charge in [-0.25, -0.2) is 4.98 Å². The Kier molecular flexibility index (Phi) is 7.27. The lowest BCUT2D eigenvalue weighted by molar-refractivity contribution is 0.0672. The Labute approximate surface area is 208 Å². The van der Waals surface area contributed by atoms with Gasteiger partial charge >= 0.3 is 0 Å². The van der Waals surface area contributed by atoms with Gasteiger partial charge in [0, 0.05) is 16.6 Å². The first-order chi connectivity index (χ1) is 16.5. The predicted octanol–water partition coefficient (Wildman–Crippen LogP) is 6.32. The summed E-state index contributed by atoms with van der Waals surface area (Å²) >= 11 is 3.43. The zero-order chi connectivity index (χ0) is 24.2. The summed E-state index contributed by atoms with van der Waals surface area (Å²) in [6.07, 6.45) is 1.54. The van der Waals surface area contributed by atoms with Gasteiger partial charge in [-0.2, -0.15) is 0 Å². The number of carbonyl (C=O) groups excluding carboxylic acids is 1. The molecule has 0 aliphatic heterocycles. The van der Waals surface area contributed by atoms with Crippen molar-refractivity contribution in [1.29, 1.82) is 0 Å². The standard InChI is InChI=1S/C28H28BrN3O2/c1-4-19-11-17-22(18-12-19)32-26(30-24-10-8-7-9-23(24)28(32)34)25(5-2)31(6-3)27(33)20-13-15-21(29)16-14-20/h7-18,25H,4-6H2,1-3H3. The highest BCUT2D eigenvalue weighted by Crippen LogP contribution is 2.27. The van der Waals surface area contributed by atoms with E-state index in [0.717, 1.165) is 16.6 Å². The minimum absolute atomic E-state index is 0.0860. The maximum atomic E-state index is 13.7. The van der Waals surface area contributed by atoms with Crippen molar-refractivity contribution in [2.45, 2.75) is 39.7 Å². The van der Waals surface area contributed by atoms with Gasteiger partial charge in [0.25, 0.3) is 11.5 Å². The third kappa shape index (κ3) is 4.55. The molecule has 4 rings (SSSR count). The van der Waals surface area contributed by atoms with Crippen LogP contribution in [0.5, 0.6) is 0 Å². The molecule has 0 radical (unpaired) electrons. The van der Waals surface area contributed by atoms with Crippen LogP contribution < -0.4 is 5.56 Å². The summed E-state index contributed by atoms with van der Waals surface area (Å²) in [5, 5.41) is 0.558. The zero-order valence-corrected chi connectivity index (χ0v) is 21.2. The SMILES string of the molecule is CCc1ccc(-n2c(C(CC)N(CC)C(=O)c3ccc(Br)cc3)nc3ccccc3c2=O)cc1. The van der Waals surface area contributed by atoms with Crippen LogP contribution in [-0.2, 0) is 6.42 Å². The molecule has 6 heteroatoms. The van der Waals surface area contributed by atoms with E-state index in [1.54, 1.807) is 15.5 Å². The Hall–Kier alpha value is -3.25. The highest BCUT2D eigenvalue weighted by Gasteiger charge is 2.28. The highest BCUT2D eigenvalue weighted by atomic mass is 79.9. The molecule has 0 spiro atoms. The van der Waals surface area contributed by atoms with Crippen molar-refractivity contribution in [3.63, 3.8) is 0 Å². The average molecular weight is 518 g/mol. The highest BCUT2D eigenvalue weighted by molar-refractivity contribution is 9.10. The second-order valence-electron chi connectivity index (χ2n) is 8.17. The van der Waals surface area contributed by atoms with Crippen molar-refractivity contribution >= 4 is 32.7 Å². The van der Waals surface area contributed by atoms with Crippen molar-refractivity contribution in [2.75, 3.05) is 6.54 Å². The number of halogens is 1. The summed E-state index contributed by atoms with van der Waals surface area (Å²) < 4.78 is 2.59. The van der Waals surface area contributed by atoms with Crippen LogP contribution in [0.4, 0.5) is 0 Å². The van der Waals surface area contributed by atoms with Crippen molar-refractivity contribution in [3.8, 4) is 5.69 Å². The van der Waals surface area contributed by atoms with E-state index in [2.05, 4.69) is 22.9 Å². The molecule has 0 bridgehead atoms. The second kappa shape index (κ2) is 10.3. The monoisotopic (exact) mass is 517 g/mol. The number of benzene rings is 3. The lowest BCUT2D eigenvalue weighted by Crippen LogP contribution is -2.38. The van der Waals surface area contributed by atoms with Crippen molar-refractivity contribution < 1.29 is 4.79 Å². The molecule has 0 saturated carbocycles. The molecule has 3 aromatic carbocycles. The fourth-order valence-corrected chi connectivity index (χ4v) is 4.57. The minimum atomic E-state index is -0.371. The predicted molar refractivity (Wildman–Crippen MR) is 141 cm³/mol. The molecule has 4 aromatic rings. The number of amides is 1. The summed E-state index contributed by atoms with van der Waals surface area (Å²) in [5.41, 5.74) is 3.05. The van der Waals surface area contributed by atoms with Gasteiger partial charge in [-0.15, -0.1) is 0 Å². The lowest BCUT2D eigenvalue weighted by atomic mass is 10.1. The van der Waals surface area contributed by atoms with Crippen LogP contribution in [0.3, 0.4) is 0 Å². The molecular weight excluding hydrogens is 490 g/mol. The summed E-state index contributed by atoms with van der Waals surface area (Å²) in [7, 11) is 0. The number of aromatic nitrogens is 2. The molecule has 0 aliphatic carbocycles. The molecule has 0 N–H and O–H groups in total. The van der Waals surface area contributed by atoms with Gasteiger partial charge in [0.15, 0.2) is 0 Å². The molecule has 1 atom stereocenters. The molecule has 0 fully saturated rings. The molecule has 34 heavy (non-hydrogen) atoms. The Morgan fingerprint density at radius 1 is 0.971 bits per heavy atom. The molecule has 1 amide bonds. The number of rotatable bonds is 7. The van der Waals surface area contributed by atoms with E-state index >= 15 is 0 Å². The van der Waals surface area contributed by atoms with Gasteiger partial charge in [-0.3, -0.25) is 14.2 Å². The Morgan fingerprint density at radius 3 is 2.26 bits per heavy atom. The Morgan fingerprint density at radius 2 is 1.65 bits per heavy atom. The first kappa shape index (κ1) is 23.9. The smallest absolute Gasteiger partial charge is 0.266 e. The maximum absolute atomic E-state index is 13.7. The van der Waals surface area contributed by atoms with E-state index < -0.39 is 0 Å². The van der Waals surface area contributed by atoms with E-state index in [9.17, 15) is 9.59 Å². The van der Waals surface area contributed by atoms with Gasteiger partial charge in [-0.1, -0.05) is 54.0 Å². The fourth-order valence-electron chi connectivity index (χ4n) is 4.31. The van der Waals surface area contributed by atoms with Gasteiger partial charge in [0.2, 0.25) is 0 Å². The Bertz CT molecular complexity index is 1360. The van der Waals surface area contributed by atoms with Crippen LogP contribution in [-0.4, -0.2) is 26.9 Å². The van der Waals surface area contributed by atoms with Crippen LogP contribution in [0.2, 0.25) is 0 Å². The first-order valence-corrected chi connectivity index (χ1v) is 12.4. The number of hydrogen-bond acceptors (Lipinski definition) is 3. The van der Waals surface area contributed by atoms with Gasteiger partial charge in [-0.05, 0) is 73.9 Å². The zero-order valence-electron chi connectivity index (χ0n) is 19.7. The molecule has 0 aliphatic rings. The van der Waals surface area contributed by atoms with E-state index in [4.69, 9.17) is 4.98 Å². The second-order valence-corrected chi connectivity index (χ2v) is 9.09. The van der Waals surface area contributed by atoms with Crippen LogP contribution in [0.1, 0.15) is 55.0 Å². The summed E-state index contributed by atoms with van der Waals surface area (Å²) in [5.74, 6) is 0.486. The Balaban J connectivity index is 1.91. The fraction of sp³-hybridized carbons (Fsp3) is 0.250. The minimum Gasteiger partial charge on any atom is -0.329 e. The van der Waals surface area contributed by atoms with Crippen LogP contribution >= 0.6 is 15.9 Å². The van der Waals surface area contributed by atoms with Crippen molar-refractivity contribution in [3.05, 3.63) is 105 Å². The van der Waals surface area contributed by atoms with E-state index in [1.807, 2.05) is 80.6 Å². The number of para-hydroxylation sites is 1. The van der Waals surface area contributed by atoms with Gasteiger partial charge < -0.3 is 4.90 Å². The van der Waals surface area contributed by atoms with Gasteiger partial charge in [0.1, 0.15) is 5.82 Å². The molecular formula is C28H28BrN3O2. The molecule has 1 unspecified atom stereocenters. The summed E-state index contributed by atoms with van der Waals surface area (Å²) in [4.78, 5) is 34.0. The normalized spacial score (nSPS) is 12.0. The largest absolute Gasteiger partial charge is 0.329 e. The number of nitrogens with zero attached hydrogens (tertiary/aromatic N) is 3. The maximum Gasteiger partial charge on any atom is 0.266 e. The molecule has 5 nitrogen and oxygen atoms in total. The summed E-state index contributed by atoms with van der Waals surface area (Å²) in [6, 6.07) is 22.3. The number of carbonyl (C=O) groups is 1. The topological polar surface area (TPSA) is 55.2 Å².